The van der Waals surface area contributed by atoms with Crippen molar-refractivity contribution in [1.29, 1.82) is 0 Å². The van der Waals surface area contributed by atoms with Gasteiger partial charge in [0.1, 0.15) is 11.6 Å². The molecule has 0 radical (unpaired) electrons. The lowest BCUT2D eigenvalue weighted by molar-refractivity contribution is 0.122. The largest absolute Gasteiger partial charge is 0.378 e. The van der Waals surface area contributed by atoms with Gasteiger partial charge >= 0.3 is 0 Å². The first-order chi connectivity index (χ1) is 14.7. The van der Waals surface area contributed by atoms with Crippen LogP contribution in [0, 0.1) is 5.41 Å². The summed E-state index contributed by atoms with van der Waals surface area (Å²) >= 11 is 0. The third-order valence-electron chi connectivity index (χ3n) is 6.00. The molecule has 3 aromatic heterocycles. The van der Waals surface area contributed by atoms with Gasteiger partial charge in [-0.1, -0.05) is 6.92 Å². The van der Waals surface area contributed by atoms with Gasteiger partial charge in [0.25, 0.3) is 0 Å². The predicted octanol–water partition coefficient (Wildman–Crippen LogP) is 2.58. The van der Waals surface area contributed by atoms with E-state index in [1.165, 1.54) is 0 Å². The van der Waals surface area contributed by atoms with E-state index in [-0.39, 0.29) is 5.41 Å². The van der Waals surface area contributed by atoms with E-state index in [1.54, 1.807) is 12.4 Å². The molecule has 8 heteroatoms. The van der Waals surface area contributed by atoms with Gasteiger partial charge in [-0.05, 0) is 24.6 Å². The van der Waals surface area contributed by atoms with Gasteiger partial charge in [-0.2, -0.15) is 0 Å². The van der Waals surface area contributed by atoms with Gasteiger partial charge in [0.2, 0.25) is 5.95 Å². The molecule has 5 heterocycles. The van der Waals surface area contributed by atoms with Gasteiger partial charge in [0.15, 0.2) is 0 Å². The highest BCUT2D eigenvalue weighted by Crippen LogP contribution is 2.36. The Balaban J connectivity index is 1.40. The van der Waals surface area contributed by atoms with E-state index >= 15 is 0 Å². The second-order valence-corrected chi connectivity index (χ2v) is 8.38. The summed E-state index contributed by atoms with van der Waals surface area (Å²) in [4.78, 5) is 23.0. The normalized spacial score (nSPS) is 21.9. The summed E-state index contributed by atoms with van der Waals surface area (Å²) < 4.78 is 5.52. The van der Waals surface area contributed by atoms with Gasteiger partial charge in [0.05, 0.1) is 18.7 Å². The zero-order valence-electron chi connectivity index (χ0n) is 17.3. The SMILES string of the molecule is CC1(CNc2ncccn2)CCN(c2nc(N3CCOCC3)cc3ncccc23)C1. The number of fused-ring (bicyclic) bond motifs is 1. The first-order valence-corrected chi connectivity index (χ1v) is 10.5. The summed E-state index contributed by atoms with van der Waals surface area (Å²) in [5.41, 5.74) is 1.11. The van der Waals surface area contributed by atoms with E-state index in [0.29, 0.717) is 5.95 Å². The van der Waals surface area contributed by atoms with Gasteiger partial charge in [-0.25, -0.2) is 15.0 Å². The van der Waals surface area contributed by atoms with Crippen molar-refractivity contribution < 1.29 is 4.74 Å². The van der Waals surface area contributed by atoms with Crippen LogP contribution in [0.4, 0.5) is 17.6 Å². The maximum absolute atomic E-state index is 5.52. The third kappa shape index (κ3) is 3.87. The fourth-order valence-electron chi connectivity index (χ4n) is 4.27. The topological polar surface area (TPSA) is 79.3 Å². The van der Waals surface area contributed by atoms with Crippen LogP contribution in [0.25, 0.3) is 10.9 Å². The smallest absolute Gasteiger partial charge is 0.222 e. The number of morpholine rings is 1. The molecule has 0 aromatic carbocycles. The number of ether oxygens (including phenoxy) is 1. The van der Waals surface area contributed by atoms with Gasteiger partial charge in [-0.15, -0.1) is 0 Å². The Labute approximate surface area is 176 Å². The number of aromatic nitrogens is 4. The van der Waals surface area contributed by atoms with E-state index in [0.717, 1.165) is 74.9 Å². The van der Waals surface area contributed by atoms with Crippen molar-refractivity contribution in [2.75, 3.05) is 61.1 Å². The summed E-state index contributed by atoms with van der Waals surface area (Å²) in [6.45, 7) is 8.25. The highest BCUT2D eigenvalue weighted by atomic mass is 16.5. The zero-order valence-corrected chi connectivity index (χ0v) is 17.3. The number of anilines is 3. The number of pyridine rings is 2. The summed E-state index contributed by atoms with van der Waals surface area (Å²) in [7, 11) is 0. The molecule has 2 aliphatic rings. The molecule has 0 spiro atoms. The van der Waals surface area contributed by atoms with Crippen LogP contribution < -0.4 is 15.1 Å². The van der Waals surface area contributed by atoms with Crippen molar-refractivity contribution in [3.63, 3.8) is 0 Å². The highest BCUT2D eigenvalue weighted by Gasteiger charge is 2.35. The lowest BCUT2D eigenvalue weighted by atomic mass is 9.90. The average molecular weight is 406 g/mol. The maximum atomic E-state index is 5.52. The van der Waals surface area contributed by atoms with E-state index < -0.39 is 0 Å². The average Bonchev–Trinajstić information content (AvgIpc) is 3.20. The molecule has 1 atom stereocenters. The van der Waals surface area contributed by atoms with Crippen LogP contribution in [0.1, 0.15) is 13.3 Å². The molecule has 1 unspecified atom stereocenters. The molecule has 0 amide bonds. The van der Waals surface area contributed by atoms with E-state index in [2.05, 4.69) is 49.1 Å². The van der Waals surface area contributed by atoms with Crippen LogP contribution in [0.3, 0.4) is 0 Å². The van der Waals surface area contributed by atoms with Gasteiger partial charge < -0.3 is 19.9 Å². The van der Waals surface area contributed by atoms with Crippen LogP contribution in [-0.2, 0) is 4.74 Å². The van der Waals surface area contributed by atoms with Crippen LogP contribution in [0.5, 0.6) is 0 Å². The molecule has 0 aliphatic carbocycles. The molecule has 2 aliphatic heterocycles. The highest BCUT2D eigenvalue weighted by molar-refractivity contribution is 5.91. The van der Waals surface area contributed by atoms with Crippen LogP contribution >= 0.6 is 0 Å². The minimum absolute atomic E-state index is 0.115. The number of hydrogen-bond donors (Lipinski definition) is 1. The Kier molecular flexibility index (Phi) is 5.08. The molecule has 8 nitrogen and oxygen atoms in total. The minimum Gasteiger partial charge on any atom is -0.378 e. The second-order valence-electron chi connectivity index (χ2n) is 8.38. The van der Waals surface area contributed by atoms with Gasteiger partial charge in [0, 0.05) is 68.2 Å². The molecular weight excluding hydrogens is 378 g/mol. The van der Waals surface area contributed by atoms with E-state index in [1.807, 2.05) is 18.3 Å². The monoisotopic (exact) mass is 405 g/mol. The summed E-state index contributed by atoms with van der Waals surface area (Å²) in [5, 5.41) is 4.50. The van der Waals surface area contributed by atoms with Crippen molar-refractivity contribution in [2.45, 2.75) is 13.3 Å². The van der Waals surface area contributed by atoms with Gasteiger partial charge in [-0.3, -0.25) is 4.98 Å². The number of hydrogen-bond acceptors (Lipinski definition) is 8. The standard InChI is InChI=1S/C22H27N7O/c1-22(15-26-21-24-7-3-8-25-21)5-9-29(16-22)20-17-4-2-6-23-18(17)14-19(27-20)28-10-12-30-13-11-28/h2-4,6-8,14H,5,9-13,15-16H2,1H3,(H,24,25,26). The van der Waals surface area contributed by atoms with Crippen molar-refractivity contribution in [1.82, 2.24) is 19.9 Å². The predicted molar refractivity (Wildman–Crippen MR) is 118 cm³/mol. The van der Waals surface area contributed by atoms with Crippen molar-refractivity contribution >= 4 is 28.5 Å². The zero-order chi connectivity index (χ0) is 20.4. The lowest BCUT2D eigenvalue weighted by Gasteiger charge is -2.30. The van der Waals surface area contributed by atoms with Crippen LogP contribution in [-0.4, -0.2) is 65.9 Å². The molecule has 2 fully saturated rings. The Morgan fingerprint density at radius 1 is 1.03 bits per heavy atom. The van der Waals surface area contributed by atoms with Crippen molar-refractivity contribution in [3.05, 3.63) is 42.9 Å². The summed E-state index contributed by atoms with van der Waals surface area (Å²) in [6, 6.07) is 8.05. The first-order valence-electron chi connectivity index (χ1n) is 10.5. The first kappa shape index (κ1) is 19.0. The lowest BCUT2D eigenvalue weighted by Crippen LogP contribution is -2.37. The molecular formula is C22H27N7O. The Morgan fingerprint density at radius 2 is 1.83 bits per heavy atom. The van der Waals surface area contributed by atoms with Crippen LogP contribution in [0.15, 0.2) is 42.9 Å². The molecule has 0 bridgehead atoms. The summed E-state index contributed by atoms with van der Waals surface area (Å²) in [6.07, 6.45) is 6.46. The fraction of sp³-hybridized carbons (Fsp3) is 0.455. The van der Waals surface area contributed by atoms with Crippen molar-refractivity contribution in [2.24, 2.45) is 5.41 Å². The van der Waals surface area contributed by atoms with Crippen molar-refractivity contribution in [3.8, 4) is 0 Å². The van der Waals surface area contributed by atoms with Crippen LogP contribution in [0.2, 0.25) is 0 Å². The van der Waals surface area contributed by atoms with E-state index in [4.69, 9.17) is 9.72 Å². The second kappa shape index (κ2) is 8.02. The molecule has 2 saturated heterocycles. The molecule has 3 aromatic rings. The fourth-order valence-corrected chi connectivity index (χ4v) is 4.27. The Hall–Kier alpha value is -3.00. The number of nitrogens with zero attached hydrogens (tertiary/aromatic N) is 6. The molecule has 30 heavy (non-hydrogen) atoms. The molecule has 1 N–H and O–H groups in total. The molecule has 5 rings (SSSR count). The Bertz CT molecular complexity index is 1010. The molecule has 156 valence electrons. The quantitative estimate of drug-likeness (QED) is 0.694. The number of nitrogens with one attached hydrogen (secondary N) is 1. The minimum atomic E-state index is 0.115. The van der Waals surface area contributed by atoms with E-state index in [9.17, 15) is 0 Å². The third-order valence-corrected chi connectivity index (χ3v) is 6.00. The summed E-state index contributed by atoms with van der Waals surface area (Å²) in [5.74, 6) is 2.70. The number of rotatable bonds is 5. The molecule has 0 saturated carbocycles. The maximum Gasteiger partial charge on any atom is 0.222 e. The Morgan fingerprint density at radius 3 is 2.67 bits per heavy atom.